The summed E-state index contributed by atoms with van der Waals surface area (Å²) < 4.78 is 10.5. The van der Waals surface area contributed by atoms with Crippen LogP contribution in [0.4, 0.5) is 0 Å². The quantitative estimate of drug-likeness (QED) is 0.676. The van der Waals surface area contributed by atoms with Gasteiger partial charge in [0.05, 0.1) is 6.61 Å². The van der Waals surface area contributed by atoms with Gasteiger partial charge in [0.15, 0.2) is 0 Å². The van der Waals surface area contributed by atoms with Crippen molar-refractivity contribution in [2.45, 2.75) is 32.6 Å². The monoisotopic (exact) mass is 274 g/mol. The van der Waals surface area contributed by atoms with Crippen molar-refractivity contribution >= 4 is 12.0 Å². The first-order chi connectivity index (χ1) is 9.78. The molecular weight excluding hydrogens is 252 g/mol. The molecule has 1 aromatic carbocycles. The van der Waals surface area contributed by atoms with Crippen LogP contribution < -0.4 is 4.74 Å². The zero-order chi connectivity index (χ0) is 14.2. The van der Waals surface area contributed by atoms with Crippen LogP contribution in [0.3, 0.4) is 0 Å². The number of ether oxygens (including phenoxy) is 2. The highest BCUT2D eigenvalue weighted by molar-refractivity contribution is 5.69. The standard InChI is InChI=1S/C17H22O3/c1-2-19-16-10-7-14(8-11-16)4-3-13-20-17(18)12-9-15-5-6-15/h3-4,7-8,10-11,15H,2,5-6,9,12-13H2,1H3/b4-3+. The van der Waals surface area contributed by atoms with Gasteiger partial charge in [-0.3, -0.25) is 4.79 Å². The number of benzene rings is 1. The Balaban J connectivity index is 1.65. The van der Waals surface area contributed by atoms with E-state index in [0.29, 0.717) is 19.6 Å². The first-order valence-electron chi connectivity index (χ1n) is 7.33. The molecule has 0 saturated heterocycles. The van der Waals surface area contributed by atoms with E-state index in [4.69, 9.17) is 9.47 Å². The molecule has 0 unspecified atom stereocenters. The van der Waals surface area contributed by atoms with Crippen molar-refractivity contribution in [1.29, 1.82) is 0 Å². The van der Waals surface area contributed by atoms with Gasteiger partial charge in [0.1, 0.15) is 12.4 Å². The molecule has 0 aromatic heterocycles. The molecule has 0 aliphatic heterocycles. The molecule has 1 aliphatic rings. The summed E-state index contributed by atoms with van der Waals surface area (Å²) in [5.41, 5.74) is 1.07. The first-order valence-corrected chi connectivity index (χ1v) is 7.33. The van der Waals surface area contributed by atoms with Crippen LogP contribution in [0.2, 0.25) is 0 Å². The van der Waals surface area contributed by atoms with Gasteiger partial charge in [-0.05, 0) is 43.0 Å². The van der Waals surface area contributed by atoms with E-state index in [2.05, 4.69) is 0 Å². The molecule has 20 heavy (non-hydrogen) atoms. The van der Waals surface area contributed by atoms with E-state index in [1.807, 2.05) is 43.3 Å². The van der Waals surface area contributed by atoms with E-state index in [1.165, 1.54) is 12.8 Å². The topological polar surface area (TPSA) is 35.5 Å². The van der Waals surface area contributed by atoms with Gasteiger partial charge in [-0.1, -0.05) is 31.1 Å². The van der Waals surface area contributed by atoms with Crippen molar-refractivity contribution in [1.82, 2.24) is 0 Å². The summed E-state index contributed by atoms with van der Waals surface area (Å²) >= 11 is 0. The number of carbonyl (C=O) groups excluding carboxylic acids is 1. The summed E-state index contributed by atoms with van der Waals surface area (Å²) in [5, 5.41) is 0. The highest BCUT2D eigenvalue weighted by Crippen LogP contribution is 2.33. The number of rotatable bonds is 8. The van der Waals surface area contributed by atoms with Crippen LogP contribution in [0.15, 0.2) is 30.3 Å². The number of hydrogen-bond donors (Lipinski definition) is 0. The second kappa shape index (κ2) is 7.73. The molecule has 1 saturated carbocycles. The van der Waals surface area contributed by atoms with E-state index < -0.39 is 0 Å². The Kier molecular flexibility index (Phi) is 5.66. The van der Waals surface area contributed by atoms with Crippen LogP contribution in [0.1, 0.15) is 38.2 Å². The lowest BCUT2D eigenvalue weighted by Gasteiger charge is -2.03. The first kappa shape index (κ1) is 14.6. The molecule has 3 nitrogen and oxygen atoms in total. The molecule has 2 rings (SSSR count). The zero-order valence-corrected chi connectivity index (χ0v) is 12.0. The lowest BCUT2D eigenvalue weighted by atomic mass is 10.2. The third-order valence-electron chi connectivity index (χ3n) is 3.30. The van der Waals surface area contributed by atoms with Gasteiger partial charge in [-0.15, -0.1) is 0 Å². The maximum absolute atomic E-state index is 11.4. The van der Waals surface area contributed by atoms with E-state index in [9.17, 15) is 4.79 Å². The Morgan fingerprint density at radius 1 is 1.30 bits per heavy atom. The summed E-state index contributed by atoms with van der Waals surface area (Å²) in [6, 6.07) is 7.84. The van der Waals surface area contributed by atoms with Gasteiger partial charge < -0.3 is 9.47 Å². The molecule has 3 heteroatoms. The van der Waals surface area contributed by atoms with Crippen LogP contribution in [-0.2, 0) is 9.53 Å². The van der Waals surface area contributed by atoms with Crippen molar-refractivity contribution in [3.63, 3.8) is 0 Å². The fraction of sp³-hybridized carbons (Fsp3) is 0.471. The van der Waals surface area contributed by atoms with Gasteiger partial charge in [0.2, 0.25) is 0 Å². The van der Waals surface area contributed by atoms with Gasteiger partial charge in [0, 0.05) is 6.42 Å². The van der Waals surface area contributed by atoms with Crippen molar-refractivity contribution in [2.24, 2.45) is 5.92 Å². The molecular formula is C17H22O3. The number of esters is 1. The number of carbonyl (C=O) groups is 1. The van der Waals surface area contributed by atoms with Crippen LogP contribution >= 0.6 is 0 Å². The second-order valence-electron chi connectivity index (χ2n) is 5.07. The fourth-order valence-electron chi connectivity index (χ4n) is 1.97. The van der Waals surface area contributed by atoms with Gasteiger partial charge in [0.25, 0.3) is 0 Å². The zero-order valence-electron chi connectivity index (χ0n) is 12.0. The average molecular weight is 274 g/mol. The van der Waals surface area contributed by atoms with E-state index in [-0.39, 0.29) is 5.97 Å². The molecule has 0 spiro atoms. The van der Waals surface area contributed by atoms with Gasteiger partial charge >= 0.3 is 5.97 Å². The third kappa shape index (κ3) is 5.47. The molecule has 0 bridgehead atoms. The van der Waals surface area contributed by atoms with E-state index in [1.54, 1.807) is 0 Å². The maximum Gasteiger partial charge on any atom is 0.306 e. The van der Waals surface area contributed by atoms with Crippen LogP contribution in [0.5, 0.6) is 5.75 Å². The van der Waals surface area contributed by atoms with Crippen molar-refractivity contribution in [3.8, 4) is 5.75 Å². The van der Waals surface area contributed by atoms with E-state index >= 15 is 0 Å². The molecule has 1 aliphatic carbocycles. The van der Waals surface area contributed by atoms with Crippen molar-refractivity contribution in [3.05, 3.63) is 35.9 Å². The Bertz CT molecular complexity index is 444. The minimum absolute atomic E-state index is 0.0896. The molecule has 0 amide bonds. The number of hydrogen-bond acceptors (Lipinski definition) is 3. The summed E-state index contributed by atoms with van der Waals surface area (Å²) in [6.07, 6.45) is 7.92. The SMILES string of the molecule is CCOc1ccc(/C=C/COC(=O)CCC2CC2)cc1. The molecule has 0 N–H and O–H groups in total. The maximum atomic E-state index is 11.4. The molecule has 0 heterocycles. The molecule has 0 radical (unpaired) electrons. The Labute approximate surface area is 120 Å². The third-order valence-corrected chi connectivity index (χ3v) is 3.30. The molecule has 108 valence electrons. The van der Waals surface area contributed by atoms with Crippen molar-refractivity contribution < 1.29 is 14.3 Å². The highest BCUT2D eigenvalue weighted by Gasteiger charge is 2.21. The Morgan fingerprint density at radius 2 is 2.05 bits per heavy atom. The fourth-order valence-corrected chi connectivity index (χ4v) is 1.97. The average Bonchev–Trinajstić information content (AvgIpc) is 3.28. The van der Waals surface area contributed by atoms with E-state index in [0.717, 1.165) is 23.7 Å². The lowest BCUT2D eigenvalue weighted by molar-refractivity contribution is -0.142. The minimum atomic E-state index is -0.0896. The molecule has 1 aromatic rings. The summed E-state index contributed by atoms with van der Waals surface area (Å²) in [7, 11) is 0. The predicted molar refractivity (Wildman–Crippen MR) is 79.6 cm³/mol. The molecule has 1 fully saturated rings. The largest absolute Gasteiger partial charge is 0.494 e. The summed E-state index contributed by atoms with van der Waals surface area (Å²) in [6.45, 7) is 2.98. The Hall–Kier alpha value is -1.77. The highest BCUT2D eigenvalue weighted by atomic mass is 16.5. The second-order valence-corrected chi connectivity index (χ2v) is 5.07. The van der Waals surface area contributed by atoms with Crippen LogP contribution in [-0.4, -0.2) is 19.2 Å². The Morgan fingerprint density at radius 3 is 2.70 bits per heavy atom. The minimum Gasteiger partial charge on any atom is -0.494 e. The van der Waals surface area contributed by atoms with Gasteiger partial charge in [-0.2, -0.15) is 0 Å². The predicted octanol–water partition coefficient (Wildman–Crippen LogP) is 3.83. The van der Waals surface area contributed by atoms with Crippen LogP contribution in [0.25, 0.3) is 6.08 Å². The van der Waals surface area contributed by atoms with Gasteiger partial charge in [-0.25, -0.2) is 0 Å². The molecule has 0 atom stereocenters. The normalized spacial score (nSPS) is 14.4. The van der Waals surface area contributed by atoms with Crippen molar-refractivity contribution in [2.75, 3.05) is 13.2 Å². The van der Waals surface area contributed by atoms with Crippen LogP contribution in [0, 0.1) is 5.92 Å². The lowest BCUT2D eigenvalue weighted by Crippen LogP contribution is -2.04. The smallest absolute Gasteiger partial charge is 0.306 e. The summed E-state index contributed by atoms with van der Waals surface area (Å²) in [4.78, 5) is 11.4. The summed E-state index contributed by atoms with van der Waals surface area (Å²) in [5.74, 6) is 1.56.